The highest BCUT2D eigenvalue weighted by atomic mass is 32.2. The summed E-state index contributed by atoms with van der Waals surface area (Å²) in [6.07, 6.45) is 5.40. The highest BCUT2D eigenvalue weighted by molar-refractivity contribution is 8.26. The van der Waals surface area contributed by atoms with Crippen LogP contribution in [-0.4, -0.2) is 21.1 Å². The maximum absolute atomic E-state index is 12.5. The van der Waals surface area contributed by atoms with E-state index in [1.807, 2.05) is 55.5 Å². The van der Waals surface area contributed by atoms with Gasteiger partial charge in [-0.25, -0.2) is 0 Å². The van der Waals surface area contributed by atoms with Crippen LogP contribution in [0, 0.1) is 6.92 Å². The van der Waals surface area contributed by atoms with Crippen molar-refractivity contribution < 1.29 is 9.59 Å². The lowest BCUT2D eigenvalue weighted by Crippen LogP contribution is -2.45. The van der Waals surface area contributed by atoms with E-state index >= 15 is 0 Å². The summed E-state index contributed by atoms with van der Waals surface area (Å²) in [6, 6.07) is 17.0. The molecule has 1 saturated heterocycles. The molecule has 4 nitrogen and oxygen atoms in total. The second-order valence-corrected chi connectivity index (χ2v) is 7.24. The summed E-state index contributed by atoms with van der Waals surface area (Å²) in [5.41, 5.74) is 4.96. The topological polar surface area (TPSA) is 49.4 Å². The number of rotatable bonds is 4. The van der Waals surface area contributed by atoms with Gasteiger partial charge in [0, 0.05) is 5.56 Å². The first-order chi connectivity index (χ1) is 12.6. The van der Waals surface area contributed by atoms with Gasteiger partial charge in [0.15, 0.2) is 4.32 Å². The van der Waals surface area contributed by atoms with Crippen LogP contribution in [0.2, 0.25) is 0 Å². The van der Waals surface area contributed by atoms with Crippen LogP contribution in [0.25, 0.3) is 6.08 Å². The van der Waals surface area contributed by atoms with E-state index in [2.05, 4.69) is 5.43 Å². The Morgan fingerprint density at radius 1 is 1.12 bits per heavy atom. The van der Waals surface area contributed by atoms with Gasteiger partial charge in [0.25, 0.3) is 11.8 Å². The van der Waals surface area contributed by atoms with E-state index in [1.165, 1.54) is 0 Å². The monoisotopic (exact) mass is 380 g/mol. The lowest BCUT2D eigenvalue weighted by molar-refractivity contribution is -0.123. The molecule has 1 heterocycles. The molecular formula is C20H16N2O2S2. The number of aryl methyl sites for hydroxylation is 1. The zero-order chi connectivity index (χ0) is 18.5. The van der Waals surface area contributed by atoms with E-state index < -0.39 is 0 Å². The Kier molecular flexibility index (Phi) is 5.65. The van der Waals surface area contributed by atoms with E-state index in [0.717, 1.165) is 27.9 Å². The van der Waals surface area contributed by atoms with Gasteiger partial charge >= 0.3 is 0 Å². The first kappa shape index (κ1) is 18.1. The van der Waals surface area contributed by atoms with E-state index in [4.69, 9.17) is 12.2 Å². The number of benzene rings is 2. The zero-order valence-corrected chi connectivity index (χ0v) is 15.6. The summed E-state index contributed by atoms with van der Waals surface area (Å²) in [5, 5.41) is 1.12. The number of amides is 2. The second kappa shape index (κ2) is 8.12. The first-order valence-corrected chi connectivity index (χ1v) is 9.15. The number of thiocarbonyl (C=S) groups is 1. The van der Waals surface area contributed by atoms with Crippen LogP contribution in [0.3, 0.4) is 0 Å². The number of hydrogen-bond donors (Lipinski definition) is 1. The van der Waals surface area contributed by atoms with Crippen LogP contribution >= 0.6 is 24.0 Å². The predicted molar refractivity (Wildman–Crippen MR) is 109 cm³/mol. The Hall–Kier alpha value is -2.70. The Morgan fingerprint density at radius 3 is 2.54 bits per heavy atom. The lowest BCUT2D eigenvalue weighted by atomic mass is 10.1. The van der Waals surface area contributed by atoms with Gasteiger partial charge in [-0.2, -0.15) is 5.01 Å². The molecular weight excluding hydrogens is 364 g/mol. The van der Waals surface area contributed by atoms with Crippen LogP contribution in [-0.2, 0) is 4.79 Å². The number of hydrazine groups is 1. The van der Waals surface area contributed by atoms with Crippen molar-refractivity contribution in [1.29, 1.82) is 0 Å². The molecule has 6 heteroatoms. The van der Waals surface area contributed by atoms with Gasteiger partial charge in [0.1, 0.15) is 0 Å². The summed E-state index contributed by atoms with van der Waals surface area (Å²) in [5.74, 6) is -0.694. The number of nitrogens with zero attached hydrogens (tertiary/aromatic N) is 1. The van der Waals surface area contributed by atoms with E-state index in [9.17, 15) is 9.59 Å². The van der Waals surface area contributed by atoms with E-state index in [0.29, 0.717) is 14.8 Å². The molecule has 3 rings (SSSR count). The molecule has 0 aliphatic carbocycles. The Bertz CT molecular complexity index is 920. The van der Waals surface area contributed by atoms with E-state index in [-0.39, 0.29) is 11.8 Å². The third-order valence-corrected chi connectivity index (χ3v) is 5.05. The molecule has 0 bridgehead atoms. The first-order valence-electron chi connectivity index (χ1n) is 7.92. The molecule has 2 amide bonds. The summed E-state index contributed by atoms with van der Waals surface area (Å²) >= 11 is 6.39. The average molecular weight is 380 g/mol. The average Bonchev–Trinajstić information content (AvgIpc) is 2.90. The molecule has 1 N–H and O–H groups in total. The number of carbonyl (C=O) groups is 2. The van der Waals surface area contributed by atoms with Crippen molar-refractivity contribution >= 4 is 46.2 Å². The Morgan fingerprint density at radius 2 is 1.81 bits per heavy atom. The molecule has 0 aromatic heterocycles. The van der Waals surface area contributed by atoms with Crippen LogP contribution in [0.4, 0.5) is 0 Å². The summed E-state index contributed by atoms with van der Waals surface area (Å²) in [7, 11) is 0. The molecule has 0 atom stereocenters. The minimum atomic E-state index is -0.361. The van der Waals surface area contributed by atoms with Crippen LogP contribution in [0.5, 0.6) is 0 Å². The molecule has 1 aliphatic rings. The third-order valence-electron chi connectivity index (χ3n) is 3.73. The quantitative estimate of drug-likeness (QED) is 0.641. The van der Waals surface area contributed by atoms with Gasteiger partial charge in [0.2, 0.25) is 0 Å². The normalized spacial score (nSPS) is 15.9. The van der Waals surface area contributed by atoms with Gasteiger partial charge in [-0.15, -0.1) is 0 Å². The number of hydrogen-bond acceptors (Lipinski definition) is 4. The van der Waals surface area contributed by atoms with Crippen molar-refractivity contribution in [2.24, 2.45) is 0 Å². The van der Waals surface area contributed by atoms with Crippen molar-refractivity contribution in [3.8, 4) is 0 Å². The number of carbonyl (C=O) groups excluding carboxylic acids is 2. The van der Waals surface area contributed by atoms with Crippen molar-refractivity contribution in [2.75, 3.05) is 0 Å². The fourth-order valence-corrected chi connectivity index (χ4v) is 3.51. The molecule has 2 aromatic rings. The fourth-order valence-electron chi connectivity index (χ4n) is 2.38. The summed E-state index contributed by atoms with van der Waals surface area (Å²) in [4.78, 5) is 25.4. The maximum atomic E-state index is 12.5. The number of allylic oxidation sites excluding steroid dienone is 2. The molecule has 0 radical (unpaired) electrons. The summed E-state index contributed by atoms with van der Waals surface area (Å²) < 4.78 is 0.302. The van der Waals surface area contributed by atoms with Gasteiger partial charge in [-0.3, -0.25) is 15.0 Å². The highest BCUT2D eigenvalue weighted by Crippen LogP contribution is 2.29. The van der Waals surface area contributed by atoms with Gasteiger partial charge < -0.3 is 0 Å². The smallest absolute Gasteiger partial charge is 0.267 e. The number of thioether (sulfide) groups is 1. The molecule has 2 aromatic carbocycles. The lowest BCUT2D eigenvalue weighted by Gasteiger charge is -2.16. The summed E-state index contributed by atoms with van der Waals surface area (Å²) in [6.45, 7) is 1.84. The second-order valence-electron chi connectivity index (χ2n) is 5.57. The molecule has 0 spiro atoms. The SMILES string of the molecule is Cc1ccccc1C(=O)NN1C(=O)/C(=C/C=C/c2ccccc2)SC1=S. The van der Waals surface area contributed by atoms with Gasteiger partial charge in [0.05, 0.1) is 4.91 Å². The molecule has 1 aliphatic heterocycles. The molecule has 0 saturated carbocycles. The van der Waals surface area contributed by atoms with Crippen molar-refractivity contribution in [3.63, 3.8) is 0 Å². The van der Waals surface area contributed by atoms with E-state index in [1.54, 1.807) is 24.3 Å². The Labute approximate surface area is 161 Å². The molecule has 1 fully saturated rings. The zero-order valence-electron chi connectivity index (χ0n) is 14.0. The minimum absolute atomic E-state index is 0.302. The number of nitrogens with one attached hydrogen (secondary N) is 1. The largest absolute Gasteiger partial charge is 0.285 e. The molecule has 130 valence electrons. The van der Waals surface area contributed by atoms with Gasteiger partial charge in [-0.05, 0) is 42.4 Å². The minimum Gasteiger partial charge on any atom is -0.267 e. The van der Waals surface area contributed by atoms with Crippen LogP contribution in [0.15, 0.2) is 71.7 Å². The molecule has 26 heavy (non-hydrogen) atoms. The third kappa shape index (κ3) is 4.09. The van der Waals surface area contributed by atoms with Crippen molar-refractivity contribution in [1.82, 2.24) is 10.4 Å². The molecule has 0 unspecified atom stereocenters. The van der Waals surface area contributed by atoms with Crippen molar-refractivity contribution in [3.05, 3.63) is 88.3 Å². The standard InChI is InChI=1S/C20H16N2O2S2/c1-14-8-5-6-12-16(14)18(23)21-22-19(24)17(26-20(22)25)13-7-11-15-9-3-2-4-10-15/h2-13H,1H3,(H,21,23)/b11-7+,17-13-. The van der Waals surface area contributed by atoms with Crippen LogP contribution < -0.4 is 5.43 Å². The van der Waals surface area contributed by atoms with Crippen molar-refractivity contribution in [2.45, 2.75) is 6.92 Å². The fraction of sp³-hybridized carbons (Fsp3) is 0.0500. The maximum Gasteiger partial charge on any atom is 0.285 e. The Balaban J connectivity index is 1.71. The predicted octanol–water partition coefficient (Wildman–Crippen LogP) is 4.10. The van der Waals surface area contributed by atoms with Crippen LogP contribution in [0.1, 0.15) is 21.5 Å². The van der Waals surface area contributed by atoms with Gasteiger partial charge in [-0.1, -0.05) is 72.4 Å². The highest BCUT2D eigenvalue weighted by Gasteiger charge is 2.33.